The Morgan fingerprint density at radius 2 is 1.96 bits per heavy atom. The molecular formula is C22H25N5O. The maximum absolute atomic E-state index is 12.5. The number of carbonyl (C=O) groups is 1. The highest BCUT2D eigenvalue weighted by molar-refractivity contribution is 5.94. The monoisotopic (exact) mass is 375 g/mol. The number of benzene rings is 1. The first kappa shape index (κ1) is 19.5. The number of hydrogen-bond acceptors (Lipinski definition) is 5. The summed E-state index contributed by atoms with van der Waals surface area (Å²) in [6.07, 6.45) is 5.88. The second kappa shape index (κ2) is 9.08. The van der Waals surface area contributed by atoms with E-state index in [0.717, 1.165) is 35.6 Å². The summed E-state index contributed by atoms with van der Waals surface area (Å²) in [6.45, 7) is 4.93. The van der Waals surface area contributed by atoms with E-state index in [1.165, 1.54) is 0 Å². The first-order valence-corrected chi connectivity index (χ1v) is 9.40. The van der Waals surface area contributed by atoms with Crippen LogP contribution in [0.25, 0.3) is 11.3 Å². The van der Waals surface area contributed by atoms with Crippen molar-refractivity contribution in [1.29, 1.82) is 0 Å². The lowest BCUT2D eigenvalue weighted by Crippen LogP contribution is -2.34. The van der Waals surface area contributed by atoms with Crippen LogP contribution in [0.15, 0.2) is 61.2 Å². The van der Waals surface area contributed by atoms with Gasteiger partial charge in [0, 0.05) is 49.2 Å². The number of nitrogens with one attached hydrogen (secondary N) is 1. The van der Waals surface area contributed by atoms with Crippen LogP contribution in [0.2, 0.25) is 0 Å². The second-order valence-corrected chi connectivity index (χ2v) is 6.79. The molecule has 0 aliphatic carbocycles. The topological polar surface area (TPSA) is 71.0 Å². The Morgan fingerprint density at radius 3 is 2.64 bits per heavy atom. The minimum absolute atomic E-state index is 0.0189. The molecule has 0 saturated carbocycles. The van der Waals surface area contributed by atoms with Gasteiger partial charge in [0.05, 0.1) is 5.69 Å². The first-order chi connectivity index (χ1) is 13.6. The summed E-state index contributed by atoms with van der Waals surface area (Å²) < 4.78 is 0. The highest BCUT2D eigenvalue weighted by Crippen LogP contribution is 2.20. The summed E-state index contributed by atoms with van der Waals surface area (Å²) in [6, 6.07) is 13.4. The zero-order chi connectivity index (χ0) is 19.9. The molecule has 0 saturated heterocycles. The standard InChI is InChI=1S/C22H25N5O/c1-4-27(3)21-13-20(24-15-25-21)18-7-9-19(10-8-18)22(28)26-16(2)12-17-6-5-11-23-14-17/h5-11,13-16H,4,12H2,1-3H3,(H,26,28). The molecule has 0 spiro atoms. The predicted molar refractivity (Wildman–Crippen MR) is 111 cm³/mol. The Morgan fingerprint density at radius 1 is 1.18 bits per heavy atom. The van der Waals surface area contributed by atoms with Gasteiger partial charge in [0.25, 0.3) is 5.91 Å². The van der Waals surface area contributed by atoms with Crippen molar-refractivity contribution in [1.82, 2.24) is 20.3 Å². The summed E-state index contributed by atoms with van der Waals surface area (Å²) in [7, 11) is 1.99. The number of amides is 1. The third kappa shape index (κ3) is 4.91. The van der Waals surface area contributed by atoms with Crippen LogP contribution in [0.3, 0.4) is 0 Å². The largest absolute Gasteiger partial charge is 0.360 e. The van der Waals surface area contributed by atoms with E-state index < -0.39 is 0 Å². The van der Waals surface area contributed by atoms with Crippen LogP contribution in [-0.4, -0.2) is 40.5 Å². The maximum Gasteiger partial charge on any atom is 0.251 e. The van der Waals surface area contributed by atoms with Crippen LogP contribution in [0.5, 0.6) is 0 Å². The van der Waals surface area contributed by atoms with Crippen molar-refractivity contribution in [3.63, 3.8) is 0 Å². The van der Waals surface area contributed by atoms with Crippen LogP contribution < -0.4 is 10.2 Å². The number of aromatic nitrogens is 3. The average molecular weight is 375 g/mol. The molecule has 0 bridgehead atoms. The van der Waals surface area contributed by atoms with Gasteiger partial charge in [-0.25, -0.2) is 9.97 Å². The van der Waals surface area contributed by atoms with Crippen molar-refractivity contribution < 1.29 is 4.79 Å². The van der Waals surface area contributed by atoms with Gasteiger partial charge in [-0.1, -0.05) is 18.2 Å². The molecule has 1 unspecified atom stereocenters. The Bertz CT molecular complexity index is 912. The van der Waals surface area contributed by atoms with E-state index in [1.807, 2.05) is 62.6 Å². The lowest BCUT2D eigenvalue weighted by molar-refractivity contribution is 0.0940. The Labute approximate surface area is 165 Å². The van der Waals surface area contributed by atoms with Gasteiger partial charge in [-0.15, -0.1) is 0 Å². The van der Waals surface area contributed by atoms with Gasteiger partial charge in [-0.2, -0.15) is 0 Å². The molecule has 6 nitrogen and oxygen atoms in total. The van der Waals surface area contributed by atoms with E-state index in [0.29, 0.717) is 5.56 Å². The maximum atomic E-state index is 12.5. The van der Waals surface area contributed by atoms with Gasteiger partial charge in [0.2, 0.25) is 0 Å². The van der Waals surface area contributed by atoms with Crippen molar-refractivity contribution >= 4 is 11.7 Å². The number of nitrogens with zero attached hydrogens (tertiary/aromatic N) is 4. The molecular weight excluding hydrogens is 350 g/mol. The van der Waals surface area contributed by atoms with Crippen LogP contribution in [0, 0.1) is 0 Å². The zero-order valence-electron chi connectivity index (χ0n) is 16.5. The van der Waals surface area contributed by atoms with Crippen molar-refractivity contribution in [3.8, 4) is 11.3 Å². The Kier molecular flexibility index (Phi) is 6.32. The van der Waals surface area contributed by atoms with Crippen molar-refractivity contribution in [2.24, 2.45) is 0 Å². The van der Waals surface area contributed by atoms with Gasteiger partial charge >= 0.3 is 0 Å². The zero-order valence-corrected chi connectivity index (χ0v) is 16.5. The lowest BCUT2D eigenvalue weighted by Gasteiger charge is -2.16. The smallest absolute Gasteiger partial charge is 0.251 e. The number of pyridine rings is 1. The average Bonchev–Trinajstić information content (AvgIpc) is 2.74. The highest BCUT2D eigenvalue weighted by atomic mass is 16.1. The molecule has 2 heterocycles. The van der Waals surface area contributed by atoms with Crippen LogP contribution in [-0.2, 0) is 6.42 Å². The molecule has 1 N–H and O–H groups in total. The van der Waals surface area contributed by atoms with Crippen LogP contribution >= 0.6 is 0 Å². The van der Waals surface area contributed by atoms with Crippen molar-refractivity contribution in [2.75, 3.05) is 18.5 Å². The molecule has 1 amide bonds. The number of rotatable bonds is 7. The molecule has 0 aliphatic heterocycles. The van der Waals surface area contributed by atoms with Crippen LogP contribution in [0.4, 0.5) is 5.82 Å². The fourth-order valence-electron chi connectivity index (χ4n) is 2.90. The second-order valence-electron chi connectivity index (χ2n) is 6.79. The molecule has 1 atom stereocenters. The van der Waals surface area contributed by atoms with Crippen molar-refractivity contribution in [2.45, 2.75) is 26.3 Å². The molecule has 6 heteroatoms. The summed E-state index contributed by atoms with van der Waals surface area (Å²) in [5.41, 5.74) is 3.51. The third-order valence-corrected chi connectivity index (χ3v) is 4.60. The molecule has 3 aromatic rings. The van der Waals surface area contributed by atoms with Gasteiger partial charge < -0.3 is 10.2 Å². The number of anilines is 1. The van der Waals surface area contributed by atoms with E-state index in [1.54, 1.807) is 12.5 Å². The summed E-state index contributed by atoms with van der Waals surface area (Å²) in [5, 5.41) is 3.04. The summed E-state index contributed by atoms with van der Waals surface area (Å²) in [4.78, 5) is 27.3. The third-order valence-electron chi connectivity index (χ3n) is 4.60. The fourth-order valence-corrected chi connectivity index (χ4v) is 2.90. The van der Waals surface area contributed by atoms with Gasteiger partial charge in [0.1, 0.15) is 12.1 Å². The fraction of sp³-hybridized carbons (Fsp3) is 0.273. The minimum atomic E-state index is -0.0861. The van der Waals surface area contributed by atoms with Gasteiger partial charge in [-0.3, -0.25) is 9.78 Å². The van der Waals surface area contributed by atoms with Crippen LogP contribution in [0.1, 0.15) is 29.8 Å². The van der Waals surface area contributed by atoms with E-state index in [2.05, 4.69) is 32.1 Å². The minimum Gasteiger partial charge on any atom is -0.360 e. The Balaban J connectivity index is 1.66. The van der Waals surface area contributed by atoms with Gasteiger partial charge in [-0.05, 0) is 44.0 Å². The molecule has 1 aromatic carbocycles. The number of hydrogen-bond donors (Lipinski definition) is 1. The Hall–Kier alpha value is -3.28. The quantitative estimate of drug-likeness (QED) is 0.686. The summed E-state index contributed by atoms with van der Waals surface area (Å²) in [5.74, 6) is 0.788. The summed E-state index contributed by atoms with van der Waals surface area (Å²) >= 11 is 0. The lowest BCUT2D eigenvalue weighted by atomic mass is 10.1. The first-order valence-electron chi connectivity index (χ1n) is 9.40. The predicted octanol–water partition coefficient (Wildman–Crippen LogP) is 3.36. The van der Waals surface area contributed by atoms with E-state index >= 15 is 0 Å². The molecule has 28 heavy (non-hydrogen) atoms. The normalized spacial score (nSPS) is 11.7. The molecule has 3 rings (SSSR count). The van der Waals surface area contributed by atoms with E-state index in [-0.39, 0.29) is 11.9 Å². The molecule has 144 valence electrons. The van der Waals surface area contributed by atoms with Crippen molar-refractivity contribution in [3.05, 3.63) is 72.3 Å². The molecule has 0 fully saturated rings. The molecule has 2 aromatic heterocycles. The van der Waals surface area contributed by atoms with E-state index in [9.17, 15) is 4.79 Å². The molecule has 0 aliphatic rings. The number of carbonyl (C=O) groups excluding carboxylic acids is 1. The van der Waals surface area contributed by atoms with Gasteiger partial charge in [0.15, 0.2) is 0 Å². The van der Waals surface area contributed by atoms with E-state index in [4.69, 9.17) is 0 Å². The highest BCUT2D eigenvalue weighted by Gasteiger charge is 2.11. The molecule has 0 radical (unpaired) electrons. The SMILES string of the molecule is CCN(C)c1cc(-c2ccc(C(=O)NC(C)Cc3cccnc3)cc2)ncn1.